The molecule has 1 N–H and O–H groups in total. The van der Waals surface area contributed by atoms with E-state index in [1.54, 1.807) is 14.2 Å². The van der Waals surface area contributed by atoms with E-state index in [1.807, 2.05) is 0 Å². The standard InChI is InChI=1S/C13H28N2O2/c1-11(12(16-4)17-5)14-10-13(15(2)3)8-6-7-9-13/h11-12,14H,6-10H2,1-5H3. The third kappa shape index (κ3) is 3.65. The highest BCUT2D eigenvalue weighted by molar-refractivity contribution is 4.95. The molecule has 0 spiro atoms. The molecule has 1 atom stereocenters. The van der Waals surface area contributed by atoms with Gasteiger partial charge in [-0.1, -0.05) is 12.8 Å². The van der Waals surface area contributed by atoms with Crippen LogP contribution >= 0.6 is 0 Å². The lowest BCUT2D eigenvalue weighted by Gasteiger charge is -2.38. The lowest BCUT2D eigenvalue weighted by molar-refractivity contribution is -0.120. The molecule has 1 aliphatic rings. The zero-order valence-electron chi connectivity index (χ0n) is 12.0. The Morgan fingerprint density at radius 1 is 1.18 bits per heavy atom. The van der Waals surface area contributed by atoms with Crippen LogP contribution in [0.25, 0.3) is 0 Å². The van der Waals surface area contributed by atoms with E-state index in [1.165, 1.54) is 25.7 Å². The molecule has 0 aromatic heterocycles. The fraction of sp³-hybridized carbons (Fsp3) is 1.00. The normalized spacial score (nSPS) is 21.4. The molecule has 1 fully saturated rings. The van der Waals surface area contributed by atoms with Gasteiger partial charge in [0.1, 0.15) is 0 Å². The van der Waals surface area contributed by atoms with Gasteiger partial charge in [0.2, 0.25) is 0 Å². The zero-order valence-corrected chi connectivity index (χ0v) is 12.0. The zero-order chi connectivity index (χ0) is 12.9. The summed E-state index contributed by atoms with van der Waals surface area (Å²) in [5, 5.41) is 3.56. The number of likely N-dealkylation sites (N-methyl/N-ethyl adjacent to an activating group) is 1. The second kappa shape index (κ2) is 6.69. The second-order valence-electron chi connectivity index (χ2n) is 5.34. The Bertz CT molecular complexity index is 211. The Labute approximate surface area is 106 Å². The molecule has 0 saturated heterocycles. The molecule has 1 rings (SSSR count). The Morgan fingerprint density at radius 3 is 2.12 bits per heavy atom. The van der Waals surface area contributed by atoms with Crippen LogP contribution in [-0.2, 0) is 9.47 Å². The number of ether oxygens (including phenoxy) is 2. The Balaban J connectivity index is 2.47. The van der Waals surface area contributed by atoms with Crippen molar-refractivity contribution in [1.82, 2.24) is 10.2 Å². The SMILES string of the molecule is COC(OC)C(C)NCC1(N(C)C)CCCC1. The van der Waals surface area contributed by atoms with E-state index < -0.39 is 0 Å². The van der Waals surface area contributed by atoms with Crippen molar-refractivity contribution < 1.29 is 9.47 Å². The van der Waals surface area contributed by atoms with Gasteiger partial charge in [-0.25, -0.2) is 0 Å². The fourth-order valence-electron chi connectivity index (χ4n) is 2.77. The van der Waals surface area contributed by atoms with Crippen molar-refractivity contribution in [3.63, 3.8) is 0 Å². The third-order valence-electron chi connectivity index (χ3n) is 4.11. The molecular formula is C13H28N2O2. The quantitative estimate of drug-likeness (QED) is 0.687. The summed E-state index contributed by atoms with van der Waals surface area (Å²) in [5.41, 5.74) is 0.320. The molecule has 0 amide bonds. The lowest BCUT2D eigenvalue weighted by Crippen LogP contribution is -2.53. The first-order valence-electron chi connectivity index (χ1n) is 6.52. The molecule has 0 aromatic carbocycles. The molecule has 0 aliphatic heterocycles. The number of rotatable bonds is 7. The minimum atomic E-state index is -0.171. The second-order valence-corrected chi connectivity index (χ2v) is 5.34. The first kappa shape index (κ1) is 14.9. The van der Waals surface area contributed by atoms with Gasteiger partial charge in [0.15, 0.2) is 6.29 Å². The molecule has 4 heteroatoms. The number of nitrogens with zero attached hydrogens (tertiary/aromatic N) is 1. The highest BCUT2D eigenvalue weighted by Gasteiger charge is 2.36. The molecule has 0 heterocycles. The number of hydrogen-bond donors (Lipinski definition) is 1. The summed E-state index contributed by atoms with van der Waals surface area (Å²) in [4.78, 5) is 2.37. The van der Waals surface area contributed by atoms with Gasteiger partial charge in [-0.2, -0.15) is 0 Å². The summed E-state index contributed by atoms with van der Waals surface area (Å²) >= 11 is 0. The summed E-state index contributed by atoms with van der Waals surface area (Å²) < 4.78 is 10.5. The summed E-state index contributed by atoms with van der Waals surface area (Å²) in [6.45, 7) is 3.11. The van der Waals surface area contributed by atoms with Crippen molar-refractivity contribution in [3.05, 3.63) is 0 Å². The van der Waals surface area contributed by atoms with Gasteiger partial charge in [0, 0.05) is 26.3 Å². The Kier molecular flexibility index (Phi) is 5.86. The van der Waals surface area contributed by atoms with E-state index in [4.69, 9.17) is 9.47 Å². The Morgan fingerprint density at radius 2 is 1.71 bits per heavy atom. The summed E-state index contributed by atoms with van der Waals surface area (Å²) in [6, 6.07) is 0.211. The molecule has 0 aromatic rings. The van der Waals surface area contributed by atoms with Crippen LogP contribution < -0.4 is 5.32 Å². The number of hydrogen-bond acceptors (Lipinski definition) is 4. The van der Waals surface area contributed by atoms with Crippen molar-refractivity contribution in [2.45, 2.75) is 50.5 Å². The predicted octanol–water partition coefficient (Wildman–Crippen LogP) is 1.46. The average molecular weight is 244 g/mol. The van der Waals surface area contributed by atoms with Crippen molar-refractivity contribution in [2.24, 2.45) is 0 Å². The van der Waals surface area contributed by atoms with Gasteiger partial charge in [0.25, 0.3) is 0 Å². The predicted molar refractivity (Wildman–Crippen MR) is 70.2 cm³/mol. The van der Waals surface area contributed by atoms with Gasteiger partial charge in [-0.3, -0.25) is 0 Å². The van der Waals surface area contributed by atoms with E-state index in [2.05, 4.69) is 31.2 Å². The van der Waals surface area contributed by atoms with Crippen LogP contribution in [0.15, 0.2) is 0 Å². The van der Waals surface area contributed by atoms with E-state index in [-0.39, 0.29) is 12.3 Å². The van der Waals surface area contributed by atoms with Gasteiger partial charge < -0.3 is 19.7 Å². The maximum Gasteiger partial charge on any atom is 0.171 e. The van der Waals surface area contributed by atoms with E-state index in [9.17, 15) is 0 Å². The van der Waals surface area contributed by atoms with E-state index >= 15 is 0 Å². The maximum absolute atomic E-state index is 5.27. The minimum absolute atomic E-state index is 0.171. The van der Waals surface area contributed by atoms with Crippen molar-refractivity contribution in [1.29, 1.82) is 0 Å². The van der Waals surface area contributed by atoms with Gasteiger partial charge >= 0.3 is 0 Å². The third-order valence-corrected chi connectivity index (χ3v) is 4.11. The first-order valence-corrected chi connectivity index (χ1v) is 6.52. The van der Waals surface area contributed by atoms with Crippen molar-refractivity contribution in [2.75, 3.05) is 34.9 Å². The van der Waals surface area contributed by atoms with Gasteiger partial charge in [0.05, 0.1) is 6.04 Å². The molecule has 4 nitrogen and oxygen atoms in total. The van der Waals surface area contributed by atoms with Crippen LogP contribution in [0, 0.1) is 0 Å². The monoisotopic (exact) mass is 244 g/mol. The molecule has 1 aliphatic carbocycles. The fourth-order valence-corrected chi connectivity index (χ4v) is 2.77. The maximum atomic E-state index is 5.27. The smallest absolute Gasteiger partial charge is 0.171 e. The number of methoxy groups -OCH3 is 2. The molecule has 0 radical (unpaired) electrons. The van der Waals surface area contributed by atoms with Crippen LogP contribution in [-0.4, -0.2) is 57.6 Å². The van der Waals surface area contributed by atoms with E-state index in [0.717, 1.165) is 6.54 Å². The molecule has 17 heavy (non-hydrogen) atoms. The number of nitrogens with one attached hydrogen (secondary N) is 1. The highest BCUT2D eigenvalue weighted by atomic mass is 16.7. The Hall–Kier alpha value is -0.160. The van der Waals surface area contributed by atoms with Gasteiger partial charge in [-0.15, -0.1) is 0 Å². The summed E-state index contributed by atoms with van der Waals surface area (Å²) in [6.07, 6.45) is 5.07. The molecule has 1 saturated carbocycles. The largest absolute Gasteiger partial charge is 0.354 e. The summed E-state index contributed by atoms with van der Waals surface area (Å²) in [5.74, 6) is 0. The van der Waals surface area contributed by atoms with Crippen LogP contribution in [0.2, 0.25) is 0 Å². The minimum Gasteiger partial charge on any atom is -0.354 e. The van der Waals surface area contributed by atoms with E-state index in [0.29, 0.717) is 5.54 Å². The molecule has 1 unspecified atom stereocenters. The van der Waals surface area contributed by atoms with Crippen molar-refractivity contribution >= 4 is 0 Å². The summed E-state index contributed by atoms with van der Waals surface area (Å²) in [7, 11) is 7.73. The average Bonchev–Trinajstić information content (AvgIpc) is 2.78. The van der Waals surface area contributed by atoms with Crippen LogP contribution in [0.3, 0.4) is 0 Å². The van der Waals surface area contributed by atoms with Gasteiger partial charge in [-0.05, 0) is 33.9 Å². The van der Waals surface area contributed by atoms with Crippen LogP contribution in [0.4, 0.5) is 0 Å². The van der Waals surface area contributed by atoms with Crippen LogP contribution in [0.5, 0.6) is 0 Å². The van der Waals surface area contributed by atoms with Crippen LogP contribution in [0.1, 0.15) is 32.6 Å². The first-order chi connectivity index (χ1) is 8.05. The van der Waals surface area contributed by atoms with Crippen molar-refractivity contribution in [3.8, 4) is 0 Å². The topological polar surface area (TPSA) is 33.7 Å². The molecule has 102 valence electrons. The molecular weight excluding hydrogens is 216 g/mol. The molecule has 0 bridgehead atoms. The lowest BCUT2D eigenvalue weighted by atomic mass is 9.95. The highest BCUT2D eigenvalue weighted by Crippen LogP contribution is 2.33.